The van der Waals surface area contributed by atoms with Gasteiger partial charge < -0.3 is 9.64 Å². The number of carbonyl (C=O) groups is 1. The van der Waals surface area contributed by atoms with Crippen LogP contribution < -0.4 is 0 Å². The van der Waals surface area contributed by atoms with Gasteiger partial charge in [0, 0.05) is 12.3 Å². The van der Waals surface area contributed by atoms with Gasteiger partial charge in [-0.25, -0.2) is 9.38 Å². The van der Waals surface area contributed by atoms with Crippen LogP contribution in [0.2, 0.25) is 5.15 Å². The van der Waals surface area contributed by atoms with Gasteiger partial charge in [-0.15, -0.1) is 0 Å². The average molecular weight is 442 g/mol. The molecular formula is C23H24ClN3O2S. The van der Waals surface area contributed by atoms with E-state index >= 15 is 0 Å². The van der Waals surface area contributed by atoms with Gasteiger partial charge in [0.2, 0.25) is 5.91 Å². The summed E-state index contributed by atoms with van der Waals surface area (Å²) in [6.45, 7) is 7.91. The predicted molar refractivity (Wildman–Crippen MR) is 120 cm³/mol. The van der Waals surface area contributed by atoms with E-state index in [2.05, 4.69) is 30.1 Å². The summed E-state index contributed by atoms with van der Waals surface area (Å²) in [7, 11) is 0. The Labute approximate surface area is 186 Å². The summed E-state index contributed by atoms with van der Waals surface area (Å²) in [5, 5.41) is 0.508. The Bertz CT molecular complexity index is 1060. The van der Waals surface area contributed by atoms with Crippen LogP contribution in [0.5, 0.6) is 0 Å². The number of hydrogen-bond acceptors (Lipinski definition) is 5. The Balaban J connectivity index is 1.34. The monoisotopic (exact) mass is 441 g/mol. The molecule has 3 aliphatic heterocycles. The first-order valence-corrected chi connectivity index (χ1v) is 11.4. The molecule has 4 heterocycles. The molecule has 0 bridgehead atoms. The van der Waals surface area contributed by atoms with Crippen LogP contribution in [0.1, 0.15) is 49.6 Å². The molecule has 0 radical (unpaired) electrons. The van der Waals surface area contributed by atoms with E-state index < -0.39 is 0 Å². The normalized spacial score (nSPS) is 24.2. The zero-order valence-corrected chi connectivity index (χ0v) is 18.9. The van der Waals surface area contributed by atoms with Crippen molar-refractivity contribution >= 4 is 35.2 Å². The Morgan fingerprint density at radius 1 is 1.27 bits per heavy atom. The summed E-state index contributed by atoms with van der Waals surface area (Å²) in [4.78, 5) is 18.6. The number of carbonyl (C=O) groups excluding carboxylic acids is 1. The molecule has 0 saturated carbocycles. The minimum atomic E-state index is -0.329. The molecule has 5 nitrogen and oxygen atoms in total. The number of amides is 1. The molecule has 3 aliphatic rings. The molecule has 1 aromatic heterocycles. The van der Waals surface area contributed by atoms with Crippen molar-refractivity contribution in [3.8, 4) is 0 Å². The maximum atomic E-state index is 12.2. The highest BCUT2D eigenvalue weighted by atomic mass is 35.5. The molecule has 7 heteroatoms. The molecule has 30 heavy (non-hydrogen) atoms. The van der Waals surface area contributed by atoms with Crippen molar-refractivity contribution in [3.05, 3.63) is 63.9 Å². The third-order valence-corrected chi connectivity index (χ3v) is 7.53. The summed E-state index contributed by atoms with van der Waals surface area (Å²) in [5.41, 5.74) is 5.23. The second kappa shape index (κ2) is 7.08. The lowest BCUT2D eigenvalue weighted by Gasteiger charge is -2.48. The number of rotatable bonds is 3. The van der Waals surface area contributed by atoms with Crippen LogP contribution in [0.15, 0.2) is 40.8 Å². The van der Waals surface area contributed by atoms with Crippen molar-refractivity contribution in [2.45, 2.75) is 44.1 Å². The number of aromatic nitrogens is 1. The first-order valence-electron chi connectivity index (χ1n) is 10.2. The maximum absolute atomic E-state index is 12.2. The van der Waals surface area contributed by atoms with Crippen molar-refractivity contribution < 1.29 is 9.53 Å². The van der Waals surface area contributed by atoms with E-state index in [0.29, 0.717) is 24.8 Å². The van der Waals surface area contributed by atoms with Gasteiger partial charge in [-0.3, -0.25) is 4.79 Å². The number of benzene rings is 1. The second-order valence-corrected chi connectivity index (χ2v) is 10.5. The fraction of sp³-hybridized carbons (Fsp3) is 0.435. The quantitative estimate of drug-likeness (QED) is 0.511. The van der Waals surface area contributed by atoms with Crippen LogP contribution in [0.25, 0.3) is 0 Å². The average Bonchev–Trinajstić information content (AvgIpc) is 3.28. The van der Waals surface area contributed by atoms with E-state index in [1.54, 1.807) is 18.0 Å². The molecule has 1 spiro atoms. The van der Waals surface area contributed by atoms with Crippen molar-refractivity contribution in [2.75, 3.05) is 13.1 Å². The van der Waals surface area contributed by atoms with Gasteiger partial charge in [-0.05, 0) is 53.8 Å². The first kappa shape index (κ1) is 20.0. The highest BCUT2D eigenvalue weighted by Gasteiger charge is 2.52. The van der Waals surface area contributed by atoms with E-state index in [1.807, 2.05) is 30.9 Å². The van der Waals surface area contributed by atoms with Crippen molar-refractivity contribution in [1.29, 1.82) is 0 Å². The third kappa shape index (κ3) is 3.17. The molecule has 1 unspecified atom stereocenters. The van der Waals surface area contributed by atoms with E-state index in [9.17, 15) is 4.79 Å². The van der Waals surface area contributed by atoms with Gasteiger partial charge >= 0.3 is 0 Å². The summed E-state index contributed by atoms with van der Waals surface area (Å²) in [6.07, 6.45) is 0.798. The third-order valence-electron chi connectivity index (χ3n) is 6.25. The number of halogens is 1. The number of nitrogens with zero attached hydrogens (tertiary/aromatic N) is 3. The van der Waals surface area contributed by atoms with Gasteiger partial charge in [0.05, 0.1) is 35.8 Å². The first-order chi connectivity index (χ1) is 14.3. The number of likely N-dealkylation sites (tertiary alicyclic amines) is 1. The van der Waals surface area contributed by atoms with E-state index in [4.69, 9.17) is 20.7 Å². The van der Waals surface area contributed by atoms with Gasteiger partial charge in [0.15, 0.2) is 0 Å². The van der Waals surface area contributed by atoms with Gasteiger partial charge in [0.1, 0.15) is 10.8 Å². The van der Waals surface area contributed by atoms with Crippen LogP contribution in [-0.4, -0.2) is 34.6 Å². The molecule has 2 aromatic rings. The Kier molecular flexibility index (Phi) is 4.73. The number of pyridine rings is 1. The molecule has 0 N–H and O–H groups in total. The second-order valence-electron chi connectivity index (χ2n) is 8.89. The number of hydrogen-bond donors (Lipinski definition) is 0. The van der Waals surface area contributed by atoms with Gasteiger partial charge in [-0.1, -0.05) is 43.6 Å². The summed E-state index contributed by atoms with van der Waals surface area (Å²) >= 11 is 7.66. The van der Waals surface area contributed by atoms with Crippen molar-refractivity contribution in [3.63, 3.8) is 0 Å². The molecule has 156 valence electrons. The van der Waals surface area contributed by atoms with E-state index in [-0.39, 0.29) is 22.2 Å². The van der Waals surface area contributed by atoms with E-state index in [1.165, 1.54) is 11.1 Å². The highest BCUT2D eigenvalue weighted by molar-refractivity contribution is 7.99. The lowest BCUT2D eigenvalue weighted by molar-refractivity contribution is -0.171. The zero-order chi connectivity index (χ0) is 21.1. The van der Waals surface area contributed by atoms with Crippen LogP contribution in [0, 0.1) is 5.92 Å². The molecule has 5 rings (SSSR count). The van der Waals surface area contributed by atoms with Crippen molar-refractivity contribution in [2.24, 2.45) is 10.3 Å². The van der Waals surface area contributed by atoms with E-state index in [0.717, 1.165) is 23.4 Å². The van der Waals surface area contributed by atoms with Gasteiger partial charge in [-0.2, -0.15) is 0 Å². The van der Waals surface area contributed by atoms with Crippen LogP contribution >= 0.6 is 23.5 Å². The lowest BCUT2D eigenvalue weighted by atomic mass is 9.83. The molecule has 0 aliphatic carbocycles. The number of ether oxygens (including phenoxy) is 1. The fourth-order valence-electron chi connectivity index (χ4n) is 4.52. The molecule has 1 atom stereocenters. The molecule has 1 aromatic carbocycles. The fourth-order valence-corrected chi connectivity index (χ4v) is 5.57. The largest absolute Gasteiger partial charge is 0.362 e. The summed E-state index contributed by atoms with van der Waals surface area (Å²) in [6, 6.07) is 12.2. The molecule has 1 fully saturated rings. The lowest BCUT2D eigenvalue weighted by Crippen LogP contribution is -2.61. The number of fused-ring (bicyclic) bond motifs is 2. The van der Waals surface area contributed by atoms with Crippen molar-refractivity contribution in [1.82, 2.24) is 9.88 Å². The summed E-state index contributed by atoms with van der Waals surface area (Å²) < 4.78 is 10.7. The Morgan fingerprint density at radius 3 is 2.80 bits per heavy atom. The minimum absolute atomic E-state index is 0.0202. The zero-order valence-electron chi connectivity index (χ0n) is 17.3. The standard InChI is InChI=1S/C23H24ClN3O2S/c1-14(2)21(28)27-12-23(13-27)17-8-7-15(9-16(17)11-29-23)18-10-22(3,30-26-18)19-5-4-6-20(24)25-19/h4-9,14H,10-13H2,1-3H3. The molecule has 1 saturated heterocycles. The van der Waals surface area contributed by atoms with Crippen LogP contribution in [0.4, 0.5) is 0 Å². The van der Waals surface area contributed by atoms with Crippen LogP contribution in [-0.2, 0) is 26.5 Å². The highest BCUT2D eigenvalue weighted by Crippen LogP contribution is 2.47. The Hall–Kier alpha value is -1.89. The van der Waals surface area contributed by atoms with Gasteiger partial charge in [0.25, 0.3) is 0 Å². The predicted octanol–water partition coefficient (Wildman–Crippen LogP) is 4.72. The van der Waals surface area contributed by atoms with Crippen LogP contribution in [0.3, 0.4) is 0 Å². The topological polar surface area (TPSA) is 54.8 Å². The SMILES string of the molecule is CC(C)C(=O)N1CC2(C1)OCc1cc(C3=NSC(C)(c4cccc(Cl)n4)C3)ccc12. The molecule has 1 amide bonds. The summed E-state index contributed by atoms with van der Waals surface area (Å²) in [5.74, 6) is 0.215. The smallest absolute Gasteiger partial charge is 0.225 e. The Morgan fingerprint density at radius 2 is 2.07 bits per heavy atom. The molecular weight excluding hydrogens is 418 g/mol. The maximum Gasteiger partial charge on any atom is 0.225 e. The minimum Gasteiger partial charge on any atom is -0.362 e.